The van der Waals surface area contributed by atoms with Gasteiger partial charge in [-0.25, -0.2) is 15.0 Å². The smallest absolute Gasteiger partial charge is 0.384 e. The summed E-state index contributed by atoms with van der Waals surface area (Å²) in [5.74, 6) is -1.14. The standard InChI is InChI=1S/C11H12F3N5/c1-2-4-19-5-3-16-9(19)7-6-8(15)18-10(17-7)11(12,13)14/h3,5-6H,2,4H2,1H3,(H2,15,17,18). The van der Waals surface area contributed by atoms with Crippen molar-refractivity contribution in [3.63, 3.8) is 0 Å². The Bertz CT molecular complexity index is 576. The van der Waals surface area contributed by atoms with Crippen molar-refractivity contribution >= 4 is 5.82 Å². The number of aryl methyl sites for hydroxylation is 1. The molecular formula is C11H12F3N5. The first kappa shape index (κ1) is 13.3. The van der Waals surface area contributed by atoms with Crippen molar-refractivity contribution in [3.8, 4) is 11.5 Å². The summed E-state index contributed by atoms with van der Waals surface area (Å²) in [6.07, 6.45) is -0.608. The first-order chi connectivity index (χ1) is 8.91. The van der Waals surface area contributed by atoms with E-state index in [4.69, 9.17) is 5.73 Å². The van der Waals surface area contributed by atoms with Crippen molar-refractivity contribution in [1.29, 1.82) is 0 Å². The molecule has 0 aliphatic rings. The lowest BCUT2D eigenvalue weighted by Gasteiger charge is -2.09. The number of nitrogen functional groups attached to an aromatic ring is 1. The average Bonchev–Trinajstić information content (AvgIpc) is 2.76. The van der Waals surface area contributed by atoms with Gasteiger partial charge in [-0.2, -0.15) is 13.2 Å². The molecular weight excluding hydrogens is 259 g/mol. The third-order valence-corrected chi connectivity index (χ3v) is 2.41. The topological polar surface area (TPSA) is 69.6 Å². The van der Waals surface area contributed by atoms with E-state index in [1.807, 2.05) is 6.92 Å². The first-order valence-corrected chi connectivity index (χ1v) is 5.65. The minimum absolute atomic E-state index is 0.0678. The fourth-order valence-corrected chi connectivity index (χ4v) is 1.67. The molecule has 2 N–H and O–H groups in total. The van der Waals surface area contributed by atoms with Gasteiger partial charge in [0.25, 0.3) is 0 Å². The van der Waals surface area contributed by atoms with E-state index in [0.717, 1.165) is 6.42 Å². The van der Waals surface area contributed by atoms with Crippen LogP contribution in [0.15, 0.2) is 18.5 Å². The van der Waals surface area contributed by atoms with Gasteiger partial charge >= 0.3 is 6.18 Å². The molecule has 0 atom stereocenters. The molecule has 2 heterocycles. The van der Waals surface area contributed by atoms with Crippen LogP contribution in [0, 0.1) is 0 Å². The van der Waals surface area contributed by atoms with Crippen molar-refractivity contribution in [2.24, 2.45) is 0 Å². The fraction of sp³-hybridized carbons (Fsp3) is 0.364. The molecule has 0 fully saturated rings. The quantitative estimate of drug-likeness (QED) is 0.930. The second-order valence-electron chi connectivity index (χ2n) is 3.94. The molecule has 0 bridgehead atoms. The lowest BCUT2D eigenvalue weighted by atomic mass is 10.3. The Morgan fingerprint density at radius 2 is 2.05 bits per heavy atom. The molecule has 102 valence electrons. The number of hydrogen-bond donors (Lipinski definition) is 1. The van der Waals surface area contributed by atoms with Crippen molar-refractivity contribution < 1.29 is 13.2 Å². The molecule has 2 aromatic rings. The summed E-state index contributed by atoms with van der Waals surface area (Å²) >= 11 is 0. The highest BCUT2D eigenvalue weighted by atomic mass is 19.4. The number of hydrogen-bond acceptors (Lipinski definition) is 4. The number of alkyl halides is 3. The summed E-state index contributed by atoms with van der Waals surface area (Å²) in [6, 6.07) is 1.28. The molecule has 2 aromatic heterocycles. The summed E-state index contributed by atoms with van der Waals surface area (Å²) < 4.78 is 39.6. The highest BCUT2D eigenvalue weighted by Crippen LogP contribution is 2.28. The Kier molecular flexibility index (Phi) is 3.41. The summed E-state index contributed by atoms with van der Waals surface area (Å²) in [7, 11) is 0. The maximum Gasteiger partial charge on any atom is 0.451 e. The minimum Gasteiger partial charge on any atom is -0.384 e. The van der Waals surface area contributed by atoms with Crippen molar-refractivity contribution in [3.05, 3.63) is 24.3 Å². The molecule has 0 aromatic carbocycles. The summed E-state index contributed by atoms with van der Waals surface area (Å²) in [5, 5.41) is 0. The molecule has 0 saturated heterocycles. The van der Waals surface area contributed by atoms with Gasteiger partial charge in [-0.1, -0.05) is 6.92 Å². The highest BCUT2D eigenvalue weighted by molar-refractivity contribution is 5.54. The molecule has 5 nitrogen and oxygen atoms in total. The predicted molar refractivity (Wildman–Crippen MR) is 63.0 cm³/mol. The van der Waals surface area contributed by atoms with E-state index < -0.39 is 12.0 Å². The van der Waals surface area contributed by atoms with Crippen LogP contribution < -0.4 is 5.73 Å². The number of nitrogens with zero attached hydrogens (tertiary/aromatic N) is 4. The van der Waals surface area contributed by atoms with Crippen LogP contribution >= 0.6 is 0 Å². The first-order valence-electron chi connectivity index (χ1n) is 5.65. The van der Waals surface area contributed by atoms with Crippen LogP contribution in [0.25, 0.3) is 11.5 Å². The van der Waals surface area contributed by atoms with Crippen LogP contribution in [0.1, 0.15) is 19.2 Å². The Balaban J connectivity index is 2.50. The number of imidazole rings is 1. The number of halogens is 3. The van der Waals surface area contributed by atoms with Crippen molar-refractivity contribution in [2.45, 2.75) is 26.1 Å². The predicted octanol–water partition coefficient (Wildman–Crippen LogP) is 2.35. The zero-order chi connectivity index (χ0) is 14.0. The average molecular weight is 271 g/mol. The van der Waals surface area contributed by atoms with Crippen LogP contribution in [0.4, 0.5) is 19.0 Å². The lowest BCUT2D eigenvalue weighted by Crippen LogP contribution is -2.13. The molecule has 0 spiro atoms. The second-order valence-corrected chi connectivity index (χ2v) is 3.94. The zero-order valence-corrected chi connectivity index (χ0v) is 10.1. The molecule has 0 aliphatic heterocycles. The Labute approximate surface area is 107 Å². The SMILES string of the molecule is CCCn1ccnc1-c1cc(N)nc(C(F)(F)F)n1. The molecule has 2 rings (SSSR count). The van der Waals surface area contributed by atoms with E-state index in [1.54, 1.807) is 10.8 Å². The molecule has 0 amide bonds. The van der Waals surface area contributed by atoms with Crippen molar-refractivity contribution in [2.75, 3.05) is 5.73 Å². The molecule has 0 radical (unpaired) electrons. The van der Waals surface area contributed by atoms with Crippen molar-refractivity contribution in [1.82, 2.24) is 19.5 Å². The van der Waals surface area contributed by atoms with E-state index in [1.165, 1.54) is 12.3 Å². The number of rotatable bonds is 3. The fourth-order valence-electron chi connectivity index (χ4n) is 1.67. The largest absolute Gasteiger partial charge is 0.451 e. The van der Waals surface area contributed by atoms with Gasteiger partial charge in [0, 0.05) is 25.0 Å². The highest BCUT2D eigenvalue weighted by Gasteiger charge is 2.35. The van der Waals surface area contributed by atoms with E-state index >= 15 is 0 Å². The van der Waals surface area contributed by atoms with E-state index in [9.17, 15) is 13.2 Å². The van der Waals surface area contributed by atoms with E-state index in [0.29, 0.717) is 12.4 Å². The normalized spacial score (nSPS) is 11.8. The molecule has 0 aliphatic carbocycles. The summed E-state index contributed by atoms with van der Waals surface area (Å²) in [5.41, 5.74) is 5.47. The molecule has 8 heteroatoms. The Morgan fingerprint density at radius 1 is 1.32 bits per heavy atom. The maximum absolute atomic E-state index is 12.6. The molecule has 19 heavy (non-hydrogen) atoms. The van der Waals surface area contributed by atoms with Crippen LogP contribution in [0.2, 0.25) is 0 Å². The number of aromatic nitrogens is 4. The second kappa shape index (κ2) is 4.87. The van der Waals surface area contributed by atoms with Gasteiger partial charge in [-0.05, 0) is 6.42 Å². The zero-order valence-electron chi connectivity index (χ0n) is 10.1. The van der Waals surface area contributed by atoms with Crippen LogP contribution in [-0.4, -0.2) is 19.5 Å². The van der Waals surface area contributed by atoms with Gasteiger partial charge in [0.15, 0.2) is 5.82 Å². The lowest BCUT2D eigenvalue weighted by molar-refractivity contribution is -0.144. The summed E-state index contributed by atoms with van der Waals surface area (Å²) in [6.45, 7) is 2.60. The third-order valence-electron chi connectivity index (χ3n) is 2.41. The van der Waals surface area contributed by atoms with Crippen LogP contribution in [0.5, 0.6) is 0 Å². The van der Waals surface area contributed by atoms with Gasteiger partial charge in [0.05, 0.1) is 0 Å². The van der Waals surface area contributed by atoms with Gasteiger partial charge < -0.3 is 10.3 Å². The van der Waals surface area contributed by atoms with Gasteiger partial charge in [0.2, 0.25) is 5.82 Å². The third kappa shape index (κ3) is 2.83. The minimum atomic E-state index is -4.63. The van der Waals surface area contributed by atoms with Gasteiger partial charge in [-0.15, -0.1) is 0 Å². The van der Waals surface area contributed by atoms with E-state index in [-0.39, 0.29) is 11.5 Å². The molecule has 0 unspecified atom stereocenters. The van der Waals surface area contributed by atoms with Gasteiger partial charge in [0.1, 0.15) is 11.5 Å². The number of anilines is 1. The van der Waals surface area contributed by atoms with Crippen LogP contribution in [-0.2, 0) is 12.7 Å². The summed E-state index contributed by atoms with van der Waals surface area (Å²) in [4.78, 5) is 10.7. The monoisotopic (exact) mass is 271 g/mol. The van der Waals surface area contributed by atoms with Gasteiger partial charge in [-0.3, -0.25) is 0 Å². The molecule has 0 saturated carbocycles. The maximum atomic E-state index is 12.6. The number of nitrogens with two attached hydrogens (primary N) is 1. The van der Waals surface area contributed by atoms with Crippen LogP contribution in [0.3, 0.4) is 0 Å². The Hall–Kier alpha value is -2.12. The Morgan fingerprint density at radius 3 is 2.68 bits per heavy atom. The van der Waals surface area contributed by atoms with E-state index in [2.05, 4.69) is 15.0 Å².